The van der Waals surface area contributed by atoms with E-state index in [1.54, 1.807) is 41.3 Å². The van der Waals surface area contributed by atoms with E-state index in [-0.39, 0.29) is 11.7 Å². The van der Waals surface area contributed by atoms with Gasteiger partial charge in [-0.25, -0.2) is 4.99 Å². The van der Waals surface area contributed by atoms with Crippen LogP contribution in [0.4, 0.5) is 5.69 Å². The Bertz CT molecular complexity index is 910. The molecule has 0 bridgehead atoms. The number of thioether (sulfide) groups is 1. The average molecular weight is 403 g/mol. The molecule has 3 rings (SSSR count). The minimum atomic E-state index is -0.0927. The number of aromatic hydroxyl groups is 1. The van der Waals surface area contributed by atoms with Crippen molar-refractivity contribution in [3.63, 3.8) is 0 Å². The highest BCUT2D eigenvalue weighted by Gasteiger charge is 2.32. The van der Waals surface area contributed by atoms with Gasteiger partial charge < -0.3 is 9.84 Å². The first-order valence-electron chi connectivity index (χ1n) is 8.44. The van der Waals surface area contributed by atoms with Crippen LogP contribution in [-0.4, -0.2) is 34.7 Å². The van der Waals surface area contributed by atoms with Crippen molar-refractivity contribution in [3.05, 3.63) is 58.0 Å². The molecule has 0 spiro atoms. The number of ether oxygens (including phenoxy) is 1. The summed E-state index contributed by atoms with van der Waals surface area (Å²) in [6.07, 6.45) is 2.57. The fourth-order valence-corrected chi connectivity index (χ4v) is 3.74. The Hall–Kier alpha value is -2.44. The third-order valence-corrected chi connectivity index (χ3v) is 5.15. The lowest BCUT2D eigenvalue weighted by Gasteiger charge is -2.13. The maximum Gasteiger partial charge on any atom is 0.266 e. The molecule has 2 aromatic carbocycles. The summed E-state index contributed by atoms with van der Waals surface area (Å²) in [6.45, 7) is 2.60. The maximum atomic E-state index is 12.8. The van der Waals surface area contributed by atoms with E-state index < -0.39 is 0 Å². The Kier molecular flexibility index (Phi) is 6.08. The normalized spacial score (nSPS) is 17.1. The minimum absolute atomic E-state index is 0.0303. The zero-order valence-electron chi connectivity index (χ0n) is 15.0. The number of phenolic OH excluding ortho intramolecular Hbond substituents is 1. The lowest BCUT2D eigenvalue weighted by atomic mass is 10.2. The minimum Gasteiger partial charge on any atom is -0.504 e. The monoisotopic (exact) mass is 402 g/mol. The number of halogens is 1. The number of methoxy groups -OCH3 is 1. The van der Waals surface area contributed by atoms with Crippen molar-refractivity contribution in [1.82, 2.24) is 4.90 Å². The molecule has 1 amide bonds. The van der Waals surface area contributed by atoms with E-state index in [4.69, 9.17) is 16.3 Å². The lowest BCUT2D eigenvalue weighted by Crippen LogP contribution is -2.29. The Balaban J connectivity index is 1.92. The van der Waals surface area contributed by atoms with Crippen LogP contribution in [0.25, 0.3) is 6.08 Å². The number of amidine groups is 1. The molecular formula is C20H19ClN2O3S. The van der Waals surface area contributed by atoms with E-state index in [0.29, 0.717) is 33.0 Å². The van der Waals surface area contributed by atoms with E-state index in [9.17, 15) is 9.90 Å². The predicted octanol–water partition coefficient (Wildman–Crippen LogP) is 5.07. The molecule has 1 fully saturated rings. The van der Waals surface area contributed by atoms with Crippen molar-refractivity contribution in [3.8, 4) is 11.5 Å². The molecular weight excluding hydrogens is 384 g/mol. The predicted molar refractivity (Wildman–Crippen MR) is 111 cm³/mol. The number of hydrogen-bond donors (Lipinski definition) is 1. The van der Waals surface area contributed by atoms with Gasteiger partial charge in [-0.3, -0.25) is 9.69 Å². The molecule has 1 saturated heterocycles. The fraction of sp³-hybridized carbons (Fsp3) is 0.200. The van der Waals surface area contributed by atoms with Crippen LogP contribution in [0.3, 0.4) is 0 Å². The van der Waals surface area contributed by atoms with Crippen LogP contribution in [0.5, 0.6) is 11.5 Å². The van der Waals surface area contributed by atoms with Crippen LogP contribution >= 0.6 is 23.4 Å². The summed E-state index contributed by atoms with van der Waals surface area (Å²) < 4.78 is 5.05. The third-order valence-electron chi connectivity index (χ3n) is 3.89. The highest BCUT2D eigenvalue weighted by molar-refractivity contribution is 8.18. The Morgan fingerprint density at radius 2 is 2.00 bits per heavy atom. The largest absolute Gasteiger partial charge is 0.504 e. The molecule has 1 heterocycles. The van der Waals surface area contributed by atoms with Gasteiger partial charge in [0.15, 0.2) is 16.7 Å². The van der Waals surface area contributed by atoms with Crippen molar-refractivity contribution in [1.29, 1.82) is 0 Å². The van der Waals surface area contributed by atoms with Crippen LogP contribution in [0.2, 0.25) is 5.02 Å². The van der Waals surface area contributed by atoms with Gasteiger partial charge in [0.25, 0.3) is 5.91 Å². The lowest BCUT2D eigenvalue weighted by molar-refractivity contribution is -0.122. The Morgan fingerprint density at radius 3 is 2.63 bits per heavy atom. The number of carbonyl (C=O) groups excluding carboxylic acids is 1. The van der Waals surface area contributed by atoms with Gasteiger partial charge >= 0.3 is 0 Å². The van der Waals surface area contributed by atoms with E-state index >= 15 is 0 Å². The molecule has 1 N–H and O–H groups in total. The van der Waals surface area contributed by atoms with Gasteiger partial charge in [-0.2, -0.15) is 0 Å². The second-order valence-electron chi connectivity index (χ2n) is 5.87. The van der Waals surface area contributed by atoms with Crippen molar-refractivity contribution in [2.75, 3.05) is 13.7 Å². The SMILES string of the molecule is CCCN1C(=O)/C(=C/c2ccc(OC)c(O)c2)SC1=Nc1ccc(Cl)cc1. The number of aliphatic imine (C=N–C) groups is 1. The summed E-state index contributed by atoms with van der Waals surface area (Å²) in [5.74, 6) is 0.327. The van der Waals surface area contributed by atoms with Crippen molar-refractivity contribution in [2.45, 2.75) is 13.3 Å². The number of amides is 1. The summed E-state index contributed by atoms with van der Waals surface area (Å²) in [6, 6.07) is 12.2. The quantitative estimate of drug-likeness (QED) is 0.709. The molecule has 2 aromatic rings. The van der Waals surface area contributed by atoms with Gasteiger partial charge in [-0.1, -0.05) is 24.6 Å². The molecule has 27 heavy (non-hydrogen) atoms. The summed E-state index contributed by atoms with van der Waals surface area (Å²) >= 11 is 7.24. The number of benzene rings is 2. The number of phenols is 1. The third kappa shape index (κ3) is 4.46. The van der Waals surface area contributed by atoms with Crippen LogP contribution in [0, 0.1) is 0 Å². The van der Waals surface area contributed by atoms with Crippen molar-refractivity contribution >= 4 is 46.2 Å². The van der Waals surface area contributed by atoms with Gasteiger partial charge in [-0.15, -0.1) is 0 Å². The summed E-state index contributed by atoms with van der Waals surface area (Å²) in [4.78, 5) is 19.6. The zero-order valence-corrected chi connectivity index (χ0v) is 16.5. The number of nitrogens with zero attached hydrogens (tertiary/aromatic N) is 2. The molecule has 140 valence electrons. The standard InChI is InChI=1S/C20H19ClN2O3S/c1-3-10-23-19(25)18(12-13-4-9-17(26-2)16(24)11-13)27-20(23)22-15-7-5-14(21)6-8-15/h4-9,11-12,24H,3,10H2,1-2H3/b18-12-,22-20?. The highest BCUT2D eigenvalue weighted by Crippen LogP contribution is 2.35. The van der Waals surface area contributed by atoms with E-state index in [1.807, 2.05) is 19.1 Å². The average Bonchev–Trinajstić information content (AvgIpc) is 2.93. The maximum absolute atomic E-state index is 12.8. The van der Waals surface area contributed by atoms with Gasteiger partial charge in [0, 0.05) is 11.6 Å². The summed E-state index contributed by atoms with van der Waals surface area (Å²) in [7, 11) is 1.49. The second-order valence-corrected chi connectivity index (χ2v) is 7.32. The Labute approximate surface area is 167 Å². The number of carbonyl (C=O) groups is 1. The molecule has 5 nitrogen and oxygen atoms in total. The smallest absolute Gasteiger partial charge is 0.266 e. The summed E-state index contributed by atoms with van der Waals surface area (Å²) in [5, 5.41) is 11.2. The first-order valence-corrected chi connectivity index (χ1v) is 9.64. The molecule has 0 radical (unpaired) electrons. The van der Waals surface area contributed by atoms with Crippen LogP contribution in [0.15, 0.2) is 52.4 Å². The van der Waals surface area contributed by atoms with Crippen molar-refractivity contribution in [2.24, 2.45) is 4.99 Å². The molecule has 1 aliphatic rings. The first kappa shape index (κ1) is 19.3. The fourth-order valence-electron chi connectivity index (χ4n) is 2.59. The van der Waals surface area contributed by atoms with E-state index in [1.165, 1.54) is 18.9 Å². The first-order chi connectivity index (χ1) is 13.0. The molecule has 0 atom stereocenters. The van der Waals surface area contributed by atoms with Crippen LogP contribution in [-0.2, 0) is 4.79 Å². The van der Waals surface area contributed by atoms with Crippen LogP contribution < -0.4 is 4.74 Å². The Morgan fingerprint density at radius 1 is 1.26 bits per heavy atom. The topological polar surface area (TPSA) is 62.1 Å². The molecule has 0 saturated carbocycles. The molecule has 1 aliphatic heterocycles. The number of hydrogen-bond acceptors (Lipinski definition) is 5. The highest BCUT2D eigenvalue weighted by atomic mass is 35.5. The second kappa shape index (κ2) is 8.50. The molecule has 7 heteroatoms. The van der Waals surface area contributed by atoms with E-state index in [0.717, 1.165) is 12.1 Å². The summed E-state index contributed by atoms with van der Waals surface area (Å²) in [5.41, 5.74) is 1.45. The van der Waals surface area contributed by atoms with Gasteiger partial charge in [0.2, 0.25) is 0 Å². The van der Waals surface area contributed by atoms with E-state index in [2.05, 4.69) is 4.99 Å². The molecule has 0 aliphatic carbocycles. The zero-order chi connectivity index (χ0) is 19.4. The van der Waals surface area contributed by atoms with Gasteiger partial charge in [0.05, 0.1) is 17.7 Å². The van der Waals surface area contributed by atoms with Crippen LogP contribution in [0.1, 0.15) is 18.9 Å². The molecule has 0 unspecified atom stereocenters. The van der Waals surface area contributed by atoms with Gasteiger partial charge in [-0.05, 0) is 66.2 Å². The van der Waals surface area contributed by atoms with Crippen molar-refractivity contribution < 1.29 is 14.6 Å². The molecule has 0 aromatic heterocycles. The number of rotatable bonds is 5. The van der Waals surface area contributed by atoms with Gasteiger partial charge in [0.1, 0.15) is 0 Å².